The monoisotopic (exact) mass is 176 g/mol. The highest BCUT2D eigenvalue weighted by atomic mass is 35.5. The summed E-state index contributed by atoms with van der Waals surface area (Å²) in [6.07, 6.45) is 0. The third kappa shape index (κ3) is 1.47. The van der Waals surface area contributed by atoms with Gasteiger partial charge in [-0.05, 0) is 11.5 Å². The van der Waals surface area contributed by atoms with Crippen molar-refractivity contribution in [2.75, 3.05) is 0 Å². The number of aromatic nitrogens is 2. The Kier molecular flexibility index (Phi) is 1.97. The van der Waals surface area contributed by atoms with Crippen molar-refractivity contribution in [3.8, 4) is 0 Å². The summed E-state index contributed by atoms with van der Waals surface area (Å²) in [5.41, 5.74) is 0.0747. The van der Waals surface area contributed by atoms with Crippen LogP contribution in [0.5, 0.6) is 0 Å². The molecule has 0 aliphatic rings. The molecule has 2 nitrogen and oxygen atoms in total. The van der Waals surface area contributed by atoms with Gasteiger partial charge in [0, 0.05) is 5.41 Å². The highest BCUT2D eigenvalue weighted by Crippen LogP contribution is 2.30. The van der Waals surface area contributed by atoms with Crippen molar-refractivity contribution in [3.05, 3.63) is 10.0 Å². The van der Waals surface area contributed by atoms with Crippen LogP contribution < -0.4 is 0 Å². The van der Waals surface area contributed by atoms with Gasteiger partial charge in [0.15, 0.2) is 5.15 Å². The average Bonchev–Trinajstić information content (AvgIpc) is 2.11. The Hall–Kier alpha value is -0.150. The minimum atomic E-state index is 0.0747. The van der Waals surface area contributed by atoms with Crippen LogP contribution in [0.25, 0.3) is 0 Å². The number of hydrogen-bond acceptors (Lipinski definition) is 3. The molecule has 1 aromatic rings. The van der Waals surface area contributed by atoms with Crippen LogP contribution >= 0.6 is 23.1 Å². The quantitative estimate of drug-likeness (QED) is 0.607. The zero-order valence-electron chi connectivity index (χ0n) is 6.18. The molecular weight excluding hydrogens is 168 g/mol. The summed E-state index contributed by atoms with van der Waals surface area (Å²) in [6.45, 7) is 6.27. The topological polar surface area (TPSA) is 25.8 Å². The third-order valence-electron chi connectivity index (χ3n) is 1.13. The lowest BCUT2D eigenvalue weighted by atomic mass is 9.95. The van der Waals surface area contributed by atoms with E-state index in [1.165, 1.54) is 11.5 Å². The fraction of sp³-hybridized carbons (Fsp3) is 0.667. The van der Waals surface area contributed by atoms with Crippen LogP contribution in [0.2, 0.25) is 5.15 Å². The third-order valence-corrected chi connectivity index (χ3v) is 2.66. The van der Waals surface area contributed by atoms with E-state index in [2.05, 4.69) is 30.4 Å². The normalized spacial score (nSPS) is 12.0. The molecule has 0 fully saturated rings. The summed E-state index contributed by atoms with van der Waals surface area (Å²) in [6, 6.07) is 0. The molecule has 0 bridgehead atoms. The summed E-state index contributed by atoms with van der Waals surface area (Å²) >= 11 is 7.12. The Balaban J connectivity index is 3.05. The van der Waals surface area contributed by atoms with Crippen molar-refractivity contribution < 1.29 is 0 Å². The van der Waals surface area contributed by atoms with E-state index < -0.39 is 0 Å². The van der Waals surface area contributed by atoms with E-state index in [1.807, 2.05) is 0 Å². The summed E-state index contributed by atoms with van der Waals surface area (Å²) in [7, 11) is 0. The van der Waals surface area contributed by atoms with E-state index in [4.69, 9.17) is 11.6 Å². The maximum absolute atomic E-state index is 5.76. The smallest absolute Gasteiger partial charge is 0.126 e. The fourth-order valence-corrected chi connectivity index (χ4v) is 1.69. The van der Waals surface area contributed by atoms with Crippen LogP contribution in [-0.2, 0) is 5.41 Å². The molecule has 0 saturated carbocycles. The highest BCUT2D eigenvalue weighted by Gasteiger charge is 2.20. The number of halogens is 1. The van der Waals surface area contributed by atoms with Crippen molar-refractivity contribution in [1.82, 2.24) is 9.59 Å². The van der Waals surface area contributed by atoms with Crippen LogP contribution in [0, 0.1) is 0 Å². The van der Waals surface area contributed by atoms with Crippen molar-refractivity contribution in [2.45, 2.75) is 26.2 Å². The molecule has 1 aromatic heterocycles. The van der Waals surface area contributed by atoms with E-state index >= 15 is 0 Å². The Morgan fingerprint density at radius 1 is 1.40 bits per heavy atom. The Morgan fingerprint density at radius 2 is 2.00 bits per heavy atom. The average molecular weight is 177 g/mol. The highest BCUT2D eigenvalue weighted by molar-refractivity contribution is 7.06. The number of nitrogens with zero attached hydrogens (tertiary/aromatic N) is 2. The van der Waals surface area contributed by atoms with Gasteiger partial charge in [0.25, 0.3) is 0 Å². The van der Waals surface area contributed by atoms with Crippen molar-refractivity contribution >= 4 is 23.1 Å². The predicted octanol–water partition coefficient (Wildman–Crippen LogP) is 2.49. The molecule has 1 heterocycles. The maximum atomic E-state index is 5.76. The van der Waals surface area contributed by atoms with Crippen LogP contribution in [0.4, 0.5) is 0 Å². The maximum Gasteiger partial charge on any atom is 0.167 e. The van der Waals surface area contributed by atoms with Gasteiger partial charge >= 0.3 is 0 Å². The molecule has 0 spiro atoms. The number of hydrogen-bond donors (Lipinski definition) is 0. The molecule has 0 radical (unpaired) electrons. The van der Waals surface area contributed by atoms with E-state index in [1.54, 1.807) is 0 Å². The first-order chi connectivity index (χ1) is 4.52. The molecule has 10 heavy (non-hydrogen) atoms. The zero-order chi connectivity index (χ0) is 7.78. The van der Waals surface area contributed by atoms with E-state index in [0.29, 0.717) is 5.15 Å². The second-order valence-electron chi connectivity index (χ2n) is 3.14. The van der Waals surface area contributed by atoms with Crippen LogP contribution in [0.3, 0.4) is 0 Å². The molecular formula is C6H9ClN2S. The molecule has 0 N–H and O–H groups in total. The first-order valence-electron chi connectivity index (χ1n) is 3.00. The van der Waals surface area contributed by atoms with Gasteiger partial charge in [0.2, 0.25) is 0 Å². The van der Waals surface area contributed by atoms with Gasteiger partial charge in [-0.2, -0.15) is 0 Å². The van der Waals surface area contributed by atoms with Gasteiger partial charge in [-0.1, -0.05) is 36.9 Å². The van der Waals surface area contributed by atoms with Gasteiger partial charge in [-0.25, -0.2) is 0 Å². The van der Waals surface area contributed by atoms with Gasteiger partial charge in [-0.15, -0.1) is 5.10 Å². The number of rotatable bonds is 0. The summed E-state index contributed by atoms with van der Waals surface area (Å²) < 4.78 is 3.75. The van der Waals surface area contributed by atoms with Crippen molar-refractivity contribution in [2.24, 2.45) is 0 Å². The molecule has 0 aliphatic carbocycles. The minimum absolute atomic E-state index is 0.0747. The largest absolute Gasteiger partial charge is 0.167 e. The molecule has 0 unspecified atom stereocenters. The summed E-state index contributed by atoms with van der Waals surface area (Å²) in [4.78, 5) is 1.05. The molecule has 0 aliphatic heterocycles. The second kappa shape index (κ2) is 2.47. The Labute approximate surface area is 69.4 Å². The first kappa shape index (κ1) is 7.95. The minimum Gasteiger partial charge on any atom is -0.126 e. The van der Waals surface area contributed by atoms with Crippen molar-refractivity contribution in [1.29, 1.82) is 0 Å². The van der Waals surface area contributed by atoms with E-state index in [-0.39, 0.29) is 5.41 Å². The molecule has 0 amide bonds. The molecule has 0 atom stereocenters. The summed E-state index contributed by atoms with van der Waals surface area (Å²) in [5.74, 6) is 0. The summed E-state index contributed by atoms with van der Waals surface area (Å²) in [5, 5.41) is 4.26. The standard InChI is InChI=1S/C6H9ClN2S/c1-6(2,3)4-5(7)8-9-10-4/h1-3H3. The SMILES string of the molecule is CC(C)(C)c1snnc1Cl. The first-order valence-corrected chi connectivity index (χ1v) is 4.15. The lowest BCUT2D eigenvalue weighted by molar-refractivity contribution is 0.602. The molecule has 0 saturated heterocycles. The van der Waals surface area contributed by atoms with Crippen LogP contribution in [0.1, 0.15) is 25.6 Å². The van der Waals surface area contributed by atoms with Gasteiger partial charge < -0.3 is 0 Å². The van der Waals surface area contributed by atoms with E-state index in [0.717, 1.165) is 4.88 Å². The lowest BCUT2D eigenvalue weighted by Crippen LogP contribution is -2.08. The zero-order valence-corrected chi connectivity index (χ0v) is 7.75. The van der Waals surface area contributed by atoms with Gasteiger partial charge in [0.05, 0.1) is 4.88 Å². The molecule has 4 heteroatoms. The molecule has 1 rings (SSSR count). The predicted molar refractivity (Wildman–Crippen MR) is 43.6 cm³/mol. The lowest BCUT2D eigenvalue weighted by Gasteiger charge is -2.14. The molecule has 0 aromatic carbocycles. The van der Waals surface area contributed by atoms with Crippen molar-refractivity contribution in [3.63, 3.8) is 0 Å². The van der Waals surface area contributed by atoms with Crippen LogP contribution in [-0.4, -0.2) is 9.59 Å². The van der Waals surface area contributed by atoms with Crippen LogP contribution in [0.15, 0.2) is 0 Å². The fourth-order valence-electron chi connectivity index (χ4n) is 0.627. The van der Waals surface area contributed by atoms with Gasteiger partial charge in [0.1, 0.15) is 0 Å². The Bertz CT molecular complexity index is 226. The van der Waals surface area contributed by atoms with E-state index in [9.17, 15) is 0 Å². The van der Waals surface area contributed by atoms with Gasteiger partial charge in [-0.3, -0.25) is 0 Å². The molecule has 56 valence electrons. The second-order valence-corrected chi connectivity index (χ2v) is 4.26. The Morgan fingerprint density at radius 3 is 2.20 bits per heavy atom.